The Bertz CT molecular complexity index is 198. The number of hydrogen-bond acceptors (Lipinski definition) is 2. The smallest absolute Gasteiger partial charge is 0.377 e. The van der Waals surface area contributed by atoms with Crippen molar-refractivity contribution >= 4 is 28.6 Å². The van der Waals surface area contributed by atoms with E-state index in [0.29, 0.717) is 6.42 Å². The van der Waals surface area contributed by atoms with Crippen molar-refractivity contribution in [3.05, 3.63) is 0 Å². The standard InChI is InChI=1S/C10H17F2IO2/c1-3-5-6-8(13)7-10(11,12)9(14)15-4-2/h8H,3-7H2,1-2H3. The van der Waals surface area contributed by atoms with Gasteiger partial charge in [0.15, 0.2) is 0 Å². The molecule has 0 saturated carbocycles. The molecule has 1 unspecified atom stereocenters. The Morgan fingerprint density at radius 3 is 2.53 bits per heavy atom. The first-order valence-corrected chi connectivity index (χ1v) is 6.37. The molecule has 0 N–H and O–H groups in total. The van der Waals surface area contributed by atoms with Crippen LogP contribution in [0.25, 0.3) is 0 Å². The van der Waals surface area contributed by atoms with Crippen molar-refractivity contribution in [1.29, 1.82) is 0 Å². The van der Waals surface area contributed by atoms with E-state index in [9.17, 15) is 13.6 Å². The van der Waals surface area contributed by atoms with E-state index in [2.05, 4.69) is 4.74 Å². The maximum atomic E-state index is 13.2. The van der Waals surface area contributed by atoms with Crippen LogP contribution in [-0.4, -0.2) is 22.4 Å². The summed E-state index contributed by atoms with van der Waals surface area (Å²) in [7, 11) is 0. The lowest BCUT2D eigenvalue weighted by molar-refractivity contribution is -0.172. The van der Waals surface area contributed by atoms with Gasteiger partial charge < -0.3 is 4.74 Å². The molecule has 0 fully saturated rings. The van der Waals surface area contributed by atoms with Crippen molar-refractivity contribution < 1.29 is 18.3 Å². The number of alkyl halides is 3. The highest BCUT2D eigenvalue weighted by Crippen LogP contribution is 2.28. The third-order valence-electron chi connectivity index (χ3n) is 1.92. The van der Waals surface area contributed by atoms with E-state index in [-0.39, 0.29) is 10.5 Å². The Morgan fingerprint density at radius 2 is 2.07 bits per heavy atom. The monoisotopic (exact) mass is 334 g/mol. The van der Waals surface area contributed by atoms with E-state index >= 15 is 0 Å². The van der Waals surface area contributed by atoms with Gasteiger partial charge in [-0.25, -0.2) is 4.79 Å². The van der Waals surface area contributed by atoms with Crippen LogP contribution >= 0.6 is 22.6 Å². The van der Waals surface area contributed by atoms with Crippen molar-refractivity contribution in [2.75, 3.05) is 6.61 Å². The summed E-state index contributed by atoms with van der Waals surface area (Å²) in [6.07, 6.45) is 2.18. The lowest BCUT2D eigenvalue weighted by Gasteiger charge is -2.17. The zero-order valence-electron chi connectivity index (χ0n) is 9.06. The fourth-order valence-electron chi connectivity index (χ4n) is 1.13. The molecule has 2 nitrogen and oxygen atoms in total. The second-order valence-electron chi connectivity index (χ2n) is 3.37. The third-order valence-corrected chi connectivity index (χ3v) is 2.99. The minimum Gasteiger partial charge on any atom is -0.462 e. The molecule has 0 aromatic heterocycles. The summed E-state index contributed by atoms with van der Waals surface area (Å²) in [6, 6.07) is 0. The van der Waals surface area contributed by atoms with Crippen molar-refractivity contribution in [3.8, 4) is 0 Å². The van der Waals surface area contributed by atoms with Crippen LogP contribution in [0.1, 0.15) is 39.5 Å². The number of rotatable bonds is 7. The van der Waals surface area contributed by atoms with Gasteiger partial charge in [0.05, 0.1) is 6.61 Å². The zero-order valence-corrected chi connectivity index (χ0v) is 11.2. The summed E-state index contributed by atoms with van der Waals surface area (Å²) in [6.45, 7) is 3.52. The average molecular weight is 334 g/mol. The molecule has 0 spiro atoms. The lowest BCUT2D eigenvalue weighted by atomic mass is 10.1. The first-order valence-electron chi connectivity index (χ1n) is 5.13. The highest BCUT2D eigenvalue weighted by atomic mass is 127. The predicted octanol–water partition coefficient (Wildman–Crippen LogP) is 3.57. The maximum absolute atomic E-state index is 13.2. The Morgan fingerprint density at radius 1 is 1.47 bits per heavy atom. The molecule has 1 atom stereocenters. The molecule has 90 valence electrons. The van der Waals surface area contributed by atoms with Crippen molar-refractivity contribution in [1.82, 2.24) is 0 Å². The van der Waals surface area contributed by atoms with E-state index in [1.54, 1.807) is 0 Å². The maximum Gasteiger partial charge on any atom is 0.377 e. The van der Waals surface area contributed by atoms with Gasteiger partial charge >= 0.3 is 11.9 Å². The van der Waals surface area contributed by atoms with Crippen LogP contribution in [-0.2, 0) is 9.53 Å². The Hall–Kier alpha value is 0.0600. The van der Waals surface area contributed by atoms with Gasteiger partial charge in [-0.2, -0.15) is 8.78 Å². The number of halogens is 3. The first kappa shape index (κ1) is 15.1. The molecular weight excluding hydrogens is 317 g/mol. The molecule has 0 aliphatic carbocycles. The number of hydrogen-bond donors (Lipinski definition) is 0. The topological polar surface area (TPSA) is 26.3 Å². The fourth-order valence-corrected chi connectivity index (χ4v) is 2.12. The fraction of sp³-hybridized carbons (Fsp3) is 0.900. The van der Waals surface area contributed by atoms with Crippen molar-refractivity contribution in [3.63, 3.8) is 0 Å². The SMILES string of the molecule is CCCCC(I)CC(F)(F)C(=O)OCC. The highest BCUT2D eigenvalue weighted by Gasteiger charge is 2.41. The molecular formula is C10H17F2IO2. The number of ether oxygens (including phenoxy) is 1. The predicted molar refractivity (Wildman–Crippen MR) is 63.5 cm³/mol. The summed E-state index contributed by atoms with van der Waals surface area (Å²) in [5, 5.41) is 0. The number of carbonyl (C=O) groups is 1. The number of carbonyl (C=O) groups excluding carboxylic acids is 1. The summed E-state index contributed by atoms with van der Waals surface area (Å²) >= 11 is 1.96. The van der Waals surface area contributed by atoms with E-state index in [0.717, 1.165) is 12.8 Å². The van der Waals surface area contributed by atoms with Crippen molar-refractivity contribution in [2.24, 2.45) is 0 Å². The van der Waals surface area contributed by atoms with Crippen LogP contribution in [0.5, 0.6) is 0 Å². The Labute approximate surface area is 103 Å². The molecule has 0 aliphatic rings. The summed E-state index contributed by atoms with van der Waals surface area (Å²) in [5.74, 6) is -4.74. The van der Waals surface area contributed by atoms with Gasteiger partial charge in [0, 0.05) is 10.3 Å². The summed E-state index contributed by atoms with van der Waals surface area (Å²) in [5.41, 5.74) is 0. The number of unbranched alkanes of at least 4 members (excludes halogenated alkanes) is 1. The molecule has 0 amide bonds. The molecule has 0 rings (SSSR count). The summed E-state index contributed by atoms with van der Waals surface area (Å²) < 4.78 is 30.5. The van der Waals surface area contributed by atoms with Gasteiger partial charge in [0.25, 0.3) is 0 Å². The second kappa shape index (κ2) is 7.35. The average Bonchev–Trinajstić information content (AvgIpc) is 2.14. The molecule has 15 heavy (non-hydrogen) atoms. The lowest BCUT2D eigenvalue weighted by Crippen LogP contribution is -2.33. The van der Waals surface area contributed by atoms with E-state index in [1.807, 2.05) is 29.5 Å². The van der Waals surface area contributed by atoms with Gasteiger partial charge in [0.2, 0.25) is 0 Å². The Balaban J connectivity index is 4.05. The van der Waals surface area contributed by atoms with Gasteiger partial charge in [-0.15, -0.1) is 0 Å². The molecule has 0 saturated heterocycles. The zero-order chi connectivity index (χ0) is 11.9. The molecule has 0 heterocycles. The minimum absolute atomic E-state index is 0.00467. The van der Waals surface area contributed by atoms with E-state index in [4.69, 9.17) is 0 Å². The molecule has 0 aliphatic heterocycles. The van der Waals surface area contributed by atoms with Crippen LogP contribution in [0.2, 0.25) is 0 Å². The van der Waals surface area contributed by atoms with Gasteiger partial charge in [-0.05, 0) is 13.3 Å². The van der Waals surface area contributed by atoms with E-state index < -0.39 is 18.3 Å². The van der Waals surface area contributed by atoms with Crippen LogP contribution in [0, 0.1) is 0 Å². The van der Waals surface area contributed by atoms with Gasteiger partial charge in [0.1, 0.15) is 0 Å². The molecule has 0 radical (unpaired) electrons. The third kappa shape index (κ3) is 6.27. The summed E-state index contributed by atoms with van der Waals surface area (Å²) in [4.78, 5) is 10.9. The van der Waals surface area contributed by atoms with Crippen LogP contribution in [0.4, 0.5) is 8.78 Å². The largest absolute Gasteiger partial charge is 0.462 e. The van der Waals surface area contributed by atoms with Crippen LogP contribution < -0.4 is 0 Å². The van der Waals surface area contributed by atoms with Gasteiger partial charge in [-0.3, -0.25) is 0 Å². The normalized spacial score (nSPS) is 13.7. The second-order valence-corrected chi connectivity index (χ2v) is 5.13. The first-order chi connectivity index (χ1) is 6.94. The minimum atomic E-state index is -3.34. The molecule has 5 heteroatoms. The van der Waals surface area contributed by atoms with Gasteiger partial charge in [-0.1, -0.05) is 42.4 Å². The molecule has 0 aromatic carbocycles. The number of esters is 1. The highest BCUT2D eigenvalue weighted by molar-refractivity contribution is 14.1. The molecule has 0 bridgehead atoms. The Kier molecular flexibility index (Phi) is 7.38. The van der Waals surface area contributed by atoms with Crippen LogP contribution in [0.15, 0.2) is 0 Å². The quantitative estimate of drug-likeness (QED) is 0.404. The van der Waals surface area contributed by atoms with E-state index in [1.165, 1.54) is 6.92 Å². The van der Waals surface area contributed by atoms with Crippen molar-refractivity contribution in [2.45, 2.75) is 49.4 Å². The molecule has 0 aromatic rings. The van der Waals surface area contributed by atoms with Crippen LogP contribution in [0.3, 0.4) is 0 Å².